The molecule has 2 bridgehead atoms. The molecule has 2 fully saturated rings. The summed E-state index contributed by atoms with van der Waals surface area (Å²) >= 11 is 0. The van der Waals surface area contributed by atoms with Crippen molar-refractivity contribution in [3.8, 4) is 0 Å². The molecule has 4 aliphatic rings. The van der Waals surface area contributed by atoms with Crippen LogP contribution in [0.15, 0.2) is 91.0 Å². The van der Waals surface area contributed by atoms with Crippen molar-refractivity contribution >= 4 is 33.1 Å². The molecule has 2 spiro atoms. The number of nitrogens with zero attached hydrogens (tertiary/aromatic N) is 3. The average Bonchev–Trinajstić information content (AvgIpc) is 3.49. The van der Waals surface area contributed by atoms with E-state index in [-0.39, 0.29) is 22.3 Å². The summed E-state index contributed by atoms with van der Waals surface area (Å²) in [6.45, 7) is 0.475. The van der Waals surface area contributed by atoms with Gasteiger partial charge in [0.1, 0.15) is 5.60 Å². The first kappa shape index (κ1) is 23.3. The van der Waals surface area contributed by atoms with Crippen molar-refractivity contribution in [2.24, 2.45) is 5.41 Å². The summed E-state index contributed by atoms with van der Waals surface area (Å²) in [5, 5.41) is 28.2. The highest BCUT2D eigenvalue weighted by Gasteiger charge is 2.85. The third-order valence-corrected chi connectivity index (χ3v) is 10.8. The Morgan fingerprint density at radius 2 is 1.66 bits per heavy atom. The molecule has 0 amide bonds. The highest BCUT2D eigenvalue weighted by Crippen LogP contribution is 2.81. The van der Waals surface area contributed by atoms with Gasteiger partial charge < -0.3 is 5.11 Å². The zero-order valence-electron chi connectivity index (χ0n) is 22.2. The van der Waals surface area contributed by atoms with Crippen LogP contribution in [-0.2, 0) is 11.1 Å². The van der Waals surface area contributed by atoms with Crippen molar-refractivity contribution in [1.29, 1.82) is 0 Å². The highest BCUT2D eigenvalue weighted by atomic mass is 16.6. The smallest absolute Gasteiger partial charge is 0.269 e. The molecule has 2 heterocycles. The predicted octanol–water partition coefficient (Wildman–Crippen LogP) is 5.79. The molecule has 1 aliphatic heterocycles. The van der Waals surface area contributed by atoms with Crippen molar-refractivity contribution in [2.45, 2.75) is 29.4 Å². The minimum absolute atomic E-state index is 0.000408. The van der Waals surface area contributed by atoms with Crippen LogP contribution in [0.2, 0.25) is 0 Å². The standard InChI is InChI=1S/C34H25N3O4/c1-36-18-27(20-10-4-11-22(15-20)37(40)41)32-17-26(30-23(31(32)38)16-21-7-2-3-14-28(21)35-30)33(39)24-12-5-8-19-9-6-13-25(29(19)24)34(32,33)36/h2-16,26-27,39H,17-18H2,1H3/t26-,27+,32-,33-,34+/m0/s1. The van der Waals surface area contributed by atoms with E-state index in [0.717, 1.165) is 38.4 Å². The number of para-hydroxylation sites is 1. The van der Waals surface area contributed by atoms with E-state index in [9.17, 15) is 15.2 Å². The van der Waals surface area contributed by atoms with Crippen LogP contribution in [0.25, 0.3) is 21.7 Å². The van der Waals surface area contributed by atoms with Crippen molar-refractivity contribution in [1.82, 2.24) is 9.88 Å². The first-order chi connectivity index (χ1) is 19.8. The fraction of sp³-hybridized carbons (Fsp3) is 0.235. The Labute approximate surface area is 235 Å². The first-order valence-electron chi connectivity index (χ1n) is 14.0. The Bertz CT molecular complexity index is 2030. The van der Waals surface area contributed by atoms with Crippen molar-refractivity contribution in [3.63, 3.8) is 0 Å². The van der Waals surface area contributed by atoms with Gasteiger partial charge in [0.2, 0.25) is 0 Å². The fourth-order valence-electron chi connectivity index (χ4n) is 9.57. The van der Waals surface area contributed by atoms with E-state index in [1.54, 1.807) is 12.1 Å². The van der Waals surface area contributed by atoms with Gasteiger partial charge >= 0.3 is 0 Å². The molecule has 0 unspecified atom stereocenters. The van der Waals surface area contributed by atoms with E-state index in [1.165, 1.54) is 6.07 Å². The summed E-state index contributed by atoms with van der Waals surface area (Å²) in [7, 11) is 2.00. The number of aromatic nitrogens is 1. The molecule has 1 aromatic heterocycles. The third-order valence-electron chi connectivity index (χ3n) is 10.8. The Kier molecular flexibility index (Phi) is 4.11. The van der Waals surface area contributed by atoms with Gasteiger partial charge in [-0.2, -0.15) is 0 Å². The van der Waals surface area contributed by atoms with Crippen LogP contribution in [0.1, 0.15) is 51.0 Å². The van der Waals surface area contributed by atoms with Crippen LogP contribution in [0, 0.1) is 15.5 Å². The molecule has 3 aliphatic carbocycles. The molecule has 1 saturated heterocycles. The Balaban J connectivity index is 1.44. The number of nitro groups is 1. The number of hydrogen-bond acceptors (Lipinski definition) is 6. The van der Waals surface area contributed by atoms with E-state index < -0.39 is 22.5 Å². The van der Waals surface area contributed by atoms with E-state index in [4.69, 9.17) is 4.98 Å². The van der Waals surface area contributed by atoms with Gasteiger partial charge in [-0.25, -0.2) is 0 Å². The number of ketones is 1. The largest absolute Gasteiger partial charge is 0.382 e. The lowest BCUT2D eigenvalue weighted by Crippen LogP contribution is -2.58. The molecule has 0 radical (unpaired) electrons. The molecule has 200 valence electrons. The van der Waals surface area contributed by atoms with Gasteiger partial charge in [-0.05, 0) is 53.1 Å². The Morgan fingerprint density at radius 3 is 2.46 bits per heavy atom. The van der Waals surface area contributed by atoms with E-state index in [0.29, 0.717) is 24.2 Å². The molecule has 1 saturated carbocycles. The second-order valence-electron chi connectivity index (χ2n) is 12.1. The van der Waals surface area contributed by atoms with Crippen LogP contribution < -0.4 is 0 Å². The lowest BCUT2D eigenvalue weighted by Gasteiger charge is -2.48. The number of benzene rings is 4. The molecule has 5 atom stereocenters. The number of carbonyl (C=O) groups is 1. The van der Waals surface area contributed by atoms with Crippen LogP contribution in [0.3, 0.4) is 0 Å². The van der Waals surface area contributed by atoms with Crippen LogP contribution in [0.5, 0.6) is 0 Å². The number of Topliss-reactive ketones (excluding diaryl/α,β-unsaturated/α-hetero) is 1. The molecular weight excluding hydrogens is 514 g/mol. The molecular formula is C34H25N3O4. The van der Waals surface area contributed by atoms with Crippen LogP contribution >= 0.6 is 0 Å². The number of likely N-dealkylation sites (N-methyl/N-ethyl adjacent to an activating group) is 1. The number of fused-ring (bicyclic) bond motifs is 6. The average molecular weight is 540 g/mol. The highest BCUT2D eigenvalue weighted by molar-refractivity contribution is 6.10. The van der Waals surface area contributed by atoms with Crippen molar-refractivity contribution in [2.75, 3.05) is 13.6 Å². The topological polar surface area (TPSA) is 96.6 Å². The molecule has 5 aromatic rings. The Hall–Kier alpha value is -4.46. The maximum atomic E-state index is 15.3. The van der Waals surface area contributed by atoms with Gasteiger partial charge in [0.25, 0.3) is 5.69 Å². The van der Waals surface area contributed by atoms with Gasteiger partial charge in [-0.3, -0.25) is 24.8 Å². The minimum atomic E-state index is -1.43. The number of hydrogen-bond donors (Lipinski definition) is 1. The molecule has 7 nitrogen and oxygen atoms in total. The Morgan fingerprint density at radius 1 is 0.927 bits per heavy atom. The second kappa shape index (κ2) is 7.24. The normalized spacial score (nSPS) is 30.9. The summed E-state index contributed by atoms with van der Waals surface area (Å²) in [6, 6.07) is 28.6. The summed E-state index contributed by atoms with van der Waals surface area (Å²) in [5.74, 6) is -0.856. The molecule has 4 aromatic carbocycles. The number of rotatable bonds is 2. The molecule has 1 N–H and O–H groups in total. The number of non-ortho nitro benzene ring substituents is 1. The summed E-state index contributed by atoms with van der Waals surface area (Å²) < 4.78 is 0. The maximum absolute atomic E-state index is 15.3. The van der Waals surface area contributed by atoms with E-state index in [1.807, 2.05) is 61.6 Å². The molecule has 7 heteroatoms. The van der Waals surface area contributed by atoms with Gasteiger partial charge in [0.05, 0.1) is 27.1 Å². The lowest BCUT2D eigenvalue weighted by molar-refractivity contribution is -0.384. The SMILES string of the molecule is CN1C[C@H](c2cccc([N+](=O)[O-])c2)[C@@]23C[C@@H](c4nc5ccccc5cc4C2=O)[C@@]2(O)c4cccc5cccc(c45)[C@@]132. The molecule has 41 heavy (non-hydrogen) atoms. The van der Waals surface area contributed by atoms with Crippen LogP contribution in [0.4, 0.5) is 5.69 Å². The number of carbonyl (C=O) groups excluding carboxylic acids is 1. The van der Waals surface area contributed by atoms with Gasteiger partial charge in [-0.15, -0.1) is 0 Å². The quantitative estimate of drug-likeness (QED) is 0.225. The third kappa shape index (κ3) is 2.31. The van der Waals surface area contributed by atoms with Crippen LogP contribution in [-0.4, -0.2) is 39.3 Å². The van der Waals surface area contributed by atoms with Gasteiger partial charge in [0, 0.05) is 41.5 Å². The molecule has 9 rings (SSSR count). The summed E-state index contributed by atoms with van der Waals surface area (Å²) in [5.41, 5.74) is 0.952. The van der Waals surface area contributed by atoms with Gasteiger partial charge in [0.15, 0.2) is 5.78 Å². The van der Waals surface area contributed by atoms with E-state index >= 15 is 4.79 Å². The number of nitro benzene ring substituents is 1. The maximum Gasteiger partial charge on any atom is 0.269 e. The lowest BCUT2D eigenvalue weighted by atomic mass is 9.57. The minimum Gasteiger partial charge on any atom is -0.382 e. The fourth-order valence-corrected chi connectivity index (χ4v) is 9.57. The summed E-state index contributed by atoms with van der Waals surface area (Å²) in [6.07, 6.45) is 0.406. The number of aliphatic hydroxyl groups is 1. The first-order valence-corrected chi connectivity index (χ1v) is 14.0. The second-order valence-corrected chi connectivity index (χ2v) is 12.1. The predicted molar refractivity (Wildman–Crippen MR) is 154 cm³/mol. The monoisotopic (exact) mass is 539 g/mol. The van der Waals surface area contributed by atoms with Gasteiger partial charge in [-0.1, -0.05) is 66.7 Å². The summed E-state index contributed by atoms with van der Waals surface area (Å²) in [4.78, 5) is 34.0. The zero-order chi connectivity index (χ0) is 27.9. The number of likely N-dealkylation sites (tertiary alicyclic amines) is 1. The number of pyridine rings is 1. The zero-order valence-corrected chi connectivity index (χ0v) is 22.2. The van der Waals surface area contributed by atoms with E-state index in [2.05, 4.69) is 23.1 Å². The van der Waals surface area contributed by atoms with Crippen molar-refractivity contribution < 1.29 is 14.8 Å². The van der Waals surface area contributed by atoms with Crippen molar-refractivity contribution in [3.05, 3.63) is 129 Å².